The van der Waals surface area contributed by atoms with Crippen molar-refractivity contribution < 1.29 is 28.4 Å². The molecule has 4 aromatic rings. The first kappa shape index (κ1) is 48.7. The number of halogens is 3. The summed E-state index contributed by atoms with van der Waals surface area (Å²) in [5.41, 5.74) is 2.48. The zero-order valence-electron chi connectivity index (χ0n) is 40.9. The third-order valence-corrected chi connectivity index (χ3v) is 18.7. The molecule has 72 heavy (non-hydrogen) atoms. The van der Waals surface area contributed by atoms with Crippen LogP contribution in [0.5, 0.6) is 0 Å². The third kappa shape index (κ3) is 7.79. The zero-order chi connectivity index (χ0) is 50.2. The van der Waals surface area contributed by atoms with Crippen molar-refractivity contribution in [1.82, 2.24) is 30.0 Å². The molecule has 4 atom stereocenters. The van der Waals surface area contributed by atoms with Gasteiger partial charge in [-0.15, -0.1) is 0 Å². The van der Waals surface area contributed by atoms with Crippen molar-refractivity contribution in [3.8, 4) is 0 Å². The van der Waals surface area contributed by atoms with Crippen molar-refractivity contribution in [3.05, 3.63) is 123 Å². The second-order valence-electron chi connectivity index (χ2n) is 21.7. The summed E-state index contributed by atoms with van der Waals surface area (Å²) >= 11 is 13.1. The molecule has 4 amide bonds. The standard InChI is InChI=1S/C56H63Cl2FN8O5/c1-3-67-48(46(38-12-9-13-41(58)47(38)59)56(55(67)20-6-4-7-21-55)40-18-17-35(57)29-43(40)63-52(56)72)50(70)64-54-25-22-53(23-26-54,24-27-54)45(68)15-5-8-28-65-31-36(61-33-65)30-60-42-14-10-11-37-39(42)32-66(51(37)71)44-19-16-34(2)62-49(44)69/h9-14,17-18,29,31,33,44,46,48,60H,2-8,15-16,19-28,30,32H2,1H3,(H,62,69)(H,63,72)(H,64,70)/t44?,46-,48+,53?,54?,56+/m0/s1. The normalized spacial score (nSPS) is 28.3. The minimum absolute atomic E-state index is 0.0512. The van der Waals surface area contributed by atoms with E-state index < -0.39 is 45.7 Å². The molecule has 1 aromatic heterocycles. The molecule has 0 radical (unpaired) electrons. The number of likely N-dealkylation sites (N-methyl/N-ethyl adjacent to an activating group) is 1. The predicted molar refractivity (Wildman–Crippen MR) is 274 cm³/mol. The molecule has 6 fully saturated rings. The fourth-order valence-corrected chi connectivity index (χ4v) is 15.0. The molecule has 2 bridgehead atoms. The molecule has 3 aromatic carbocycles. The Balaban J connectivity index is 0.726. The largest absolute Gasteiger partial charge is 0.379 e. The molecule has 4 N–H and O–H groups in total. The van der Waals surface area contributed by atoms with Gasteiger partial charge in [0.25, 0.3) is 5.91 Å². The smallest absolute Gasteiger partial charge is 0.255 e. The SMILES string of the molecule is C=C1CCC(N2Cc3c(NCc4cn(CCCCC(=O)C56CCC(NC(=O)[C@H]7[C@H](c8cccc(Cl)c8F)[C@]8(C(=O)Nc9cc(Cl)ccc98)C8(CCCCC8)N7CC)(CC5)CC6)cn4)cccc3C2=O)C(=O)N1. The number of nitrogens with one attached hydrogen (secondary N) is 4. The quantitative estimate of drug-likeness (QED) is 0.0910. The molecular formula is C56H63Cl2FN8O5. The number of carbonyl (C=O) groups excluding carboxylic acids is 5. The Morgan fingerprint density at radius 2 is 1.69 bits per heavy atom. The second-order valence-corrected chi connectivity index (χ2v) is 22.5. The summed E-state index contributed by atoms with van der Waals surface area (Å²) in [6, 6.07) is 14.6. The van der Waals surface area contributed by atoms with Gasteiger partial charge in [0.05, 0.1) is 29.6 Å². The number of aryl methyl sites for hydroxylation is 1. The summed E-state index contributed by atoms with van der Waals surface area (Å²) in [7, 11) is 0. The zero-order valence-corrected chi connectivity index (χ0v) is 42.4. The maximum Gasteiger partial charge on any atom is 0.255 e. The van der Waals surface area contributed by atoms with Crippen LogP contribution in [0.1, 0.15) is 148 Å². The first-order chi connectivity index (χ1) is 34.7. The lowest BCUT2D eigenvalue weighted by molar-refractivity contribution is -0.139. The lowest BCUT2D eigenvalue weighted by atomic mass is 9.54. The first-order valence-corrected chi connectivity index (χ1v) is 26.8. The van der Waals surface area contributed by atoms with E-state index >= 15 is 14.0 Å². The number of benzene rings is 3. The number of imidazole rings is 1. The number of hydrogen-bond acceptors (Lipinski definition) is 8. The summed E-state index contributed by atoms with van der Waals surface area (Å²) < 4.78 is 18.8. The second kappa shape index (κ2) is 18.7. The Morgan fingerprint density at radius 3 is 2.44 bits per heavy atom. The van der Waals surface area contributed by atoms with Crippen molar-refractivity contribution >= 4 is 64.0 Å². The molecular weight excluding hydrogens is 955 g/mol. The highest BCUT2D eigenvalue weighted by Crippen LogP contribution is 2.67. The number of ketones is 1. The van der Waals surface area contributed by atoms with E-state index in [0.717, 1.165) is 61.2 Å². The number of aromatic nitrogens is 2. The van der Waals surface area contributed by atoms with Crippen LogP contribution in [0.4, 0.5) is 15.8 Å². The van der Waals surface area contributed by atoms with Gasteiger partial charge in [-0.2, -0.15) is 0 Å². The van der Waals surface area contributed by atoms with Crippen LogP contribution < -0.4 is 21.3 Å². The number of rotatable bonds is 14. The van der Waals surface area contributed by atoms with E-state index in [2.05, 4.69) is 42.3 Å². The molecule has 2 saturated heterocycles. The average Bonchev–Trinajstić information content (AvgIpc) is 4.12. The number of amides is 4. The molecule has 13 nitrogen and oxygen atoms in total. The number of anilines is 2. The van der Waals surface area contributed by atoms with Crippen molar-refractivity contribution in [2.24, 2.45) is 5.41 Å². The Hall–Kier alpha value is -5.57. The fraction of sp³-hybridized carbons (Fsp3) is 0.500. The molecule has 16 heteroatoms. The van der Waals surface area contributed by atoms with Crippen LogP contribution in [0.3, 0.4) is 0 Å². The number of piperidine rings is 1. The number of likely N-dealkylation sites (tertiary alicyclic amines) is 1. The van der Waals surface area contributed by atoms with E-state index in [4.69, 9.17) is 23.2 Å². The van der Waals surface area contributed by atoms with Gasteiger partial charge >= 0.3 is 0 Å². The molecule has 1 unspecified atom stereocenters. The molecule has 4 saturated carbocycles. The van der Waals surface area contributed by atoms with E-state index in [1.54, 1.807) is 29.2 Å². The van der Waals surface area contributed by atoms with E-state index in [-0.39, 0.29) is 34.2 Å². The minimum Gasteiger partial charge on any atom is -0.379 e. The molecule has 8 aliphatic rings. The Labute approximate surface area is 430 Å². The van der Waals surface area contributed by atoms with Gasteiger partial charge in [0.1, 0.15) is 23.1 Å². The summed E-state index contributed by atoms with van der Waals surface area (Å²) in [5.74, 6) is -1.97. The number of allylic oxidation sites excluding steroid dienone is 1. The van der Waals surface area contributed by atoms with Gasteiger partial charge in [0, 0.05) is 81.3 Å². The number of carbonyl (C=O) groups is 5. The van der Waals surface area contributed by atoms with Crippen molar-refractivity contribution in [3.63, 3.8) is 0 Å². The Morgan fingerprint density at radius 1 is 0.931 bits per heavy atom. The fourth-order valence-electron chi connectivity index (χ4n) is 14.7. The van der Waals surface area contributed by atoms with Crippen LogP contribution >= 0.6 is 23.2 Å². The summed E-state index contributed by atoms with van der Waals surface area (Å²) in [4.78, 5) is 79.2. The van der Waals surface area contributed by atoms with Crippen LogP contribution in [0, 0.1) is 11.2 Å². The van der Waals surface area contributed by atoms with Crippen molar-refractivity contribution in [2.75, 3.05) is 17.2 Å². The number of Topliss-reactive ketones (excluding diaryl/α,β-unsaturated/α-hetero) is 1. The molecule has 4 aliphatic heterocycles. The molecule has 2 spiro atoms. The van der Waals surface area contributed by atoms with Crippen LogP contribution in [-0.4, -0.2) is 78.5 Å². The Bertz CT molecular complexity index is 2870. The topological polar surface area (TPSA) is 158 Å². The predicted octanol–water partition coefficient (Wildman–Crippen LogP) is 9.72. The number of hydrogen-bond donors (Lipinski definition) is 4. The highest BCUT2D eigenvalue weighted by molar-refractivity contribution is 6.31. The molecule has 4 aliphatic carbocycles. The van der Waals surface area contributed by atoms with Crippen LogP contribution in [0.2, 0.25) is 10.0 Å². The molecule has 378 valence electrons. The van der Waals surface area contributed by atoms with Gasteiger partial charge in [-0.25, -0.2) is 9.37 Å². The van der Waals surface area contributed by atoms with Crippen molar-refractivity contribution in [2.45, 2.75) is 164 Å². The van der Waals surface area contributed by atoms with Crippen molar-refractivity contribution in [1.29, 1.82) is 0 Å². The van der Waals surface area contributed by atoms with E-state index in [0.29, 0.717) is 118 Å². The first-order valence-electron chi connectivity index (χ1n) is 26.1. The van der Waals surface area contributed by atoms with Crippen LogP contribution in [0.15, 0.2) is 79.4 Å². The summed E-state index contributed by atoms with van der Waals surface area (Å²) in [6.45, 7) is 7.94. The summed E-state index contributed by atoms with van der Waals surface area (Å²) in [6.07, 6.45) is 15.3. The minimum atomic E-state index is -1.29. The molecule has 5 heterocycles. The molecule has 12 rings (SSSR count). The highest BCUT2D eigenvalue weighted by atomic mass is 35.5. The van der Waals surface area contributed by atoms with Gasteiger partial charge in [0.15, 0.2) is 0 Å². The number of unbranched alkanes of at least 4 members (excludes halogenated alkanes) is 1. The van der Waals surface area contributed by atoms with Gasteiger partial charge in [-0.1, -0.05) is 80.2 Å². The van der Waals surface area contributed by atoms with Crippen LogP contribution in [0.25, 0.3) is 0 Å². The van der Waals surface area contributed by atoms with Gasteiger partial charge in [0.2, 0.25) is 17.7 Å². The average molecular weight is 1020 g/mol. The number of nitrogens with zero attached hydrogens (tertiary/aromatic N) is 4. The maximum absolute atomic E-state index is 16.7. The Kier molecular flexibility index (Phi) is 12.7. The third-order valence-electron chi connectivity index (χ3n) is 18.2. The lowest BCUT2D eigenvalue weighted by Gasteiger charge is -2.53. The van der Waals surface area contributed by atoms with Crippen LogP contribution in [-0.2, 0) is 44.2 Å². The summed E-state index contributed by atoms with van der Waals surface area (Å²) in [5, 5.41) is 13.4. The van der Waals surface area contributed by atoms with E-state index in [1.807, 2.05) is 43.7 Å². The maximum atomic E-state index is 16.7. The van der Waals surface area contributed by atoms with E-state index in [9.17, 15) is 14.4 Å². The lowest BCUT2D eigenvalue weighted by Crippen LogP contribution is -2.63. The van der Waals surface area contributed by atoms with Gasteiger partial charge in [-0.3, -0.25) is 28.9 Å². The monoisotopic (exact) mass is 1020 g/mol. The van der Waals surface area contributed by atoms with Gasteiger partial charge < -0.3 is 30.7 Å². The van der Waals surface area contributed by atoms with E-state index in [1.165, 1.54) is 6.07 Å². The number of fused-ring (bicyclic) bond motifs is 7. The highest BCUT2D eigenvalue weighted by Gasteiger charge is 2.75. The van der Waals surface area contributed by atoms with Gasteiger partial charge in [-0.05, 0) is 125 Å².